The van der Waals surface area contributed by atoms with Gasteiger partial charge >= 0.3 is 13.8 Å². The summed E-state index contributed by atoms with van der Waals surface area (Å²) < 4.78 is 14.9. The van der Waals surface area contributed by atoms with Crippen LogP contribution in [0.15, 0.2) is 24.3 Å². The average molecular weight is 260 g/mol. The topological polar surface area (TPSA) is 104 Å². The number of aliphatic carboxylic acids is 1. The van der Waals surface area contributed by atoms with E-state index in [1.165, 1.54) is 12.1 Å². The normalized spacial score (nSPS) is 13.1. The molecule has 0 aliphatic rings. The first-order chi connectivity index (χ1) is 7.78. The maximum Gasteiger partial charge on any atom is 0.524 e. The van der Waals surface area contributed by atoms with E-state index in [1.807, 2.05) is 0 Å². The van der Waals surface area contributed by atoms with Crippen molar-refractivity contribution in [2.24, 2.45) is 5.92 Å². The Balaban J connectivity index is 2.68. The van der Waals surface area contributed by atoms with E-state index in [0.29, 0.717) is 6.42 Å². The number of hydrogen-bond donors (Lipinski definition) is 3. The van der Waals surface area contributed by atoms with Gasteiger partial charge < -0.3 is 9.63 Å². The van der Waals surface area contributed by atoms with Gasteiger partial charge in [0.25, 0.3) is 0 Å². The van der Waals surface area contributed by atoms with Gasteiger partial charge in [-0.3, -0.25) is 14.6 Å². The van der Waals surface area contributed by atoms with E-state index in [0.717, 1.165) is 5.56 Å². The number of rotatable bonds is 5. The highest BCUT2D eigenvalue weighted by Crippen LogP contribution is 2.37. The fourth-order valence-electron chi connectivity index (χ4n) is 1.26. The summed E-state index contributed by atoms with van der Waals surface area (Å²) in [5.41, 5.74) is 0.762. The lowest BCUT2D eigenvalue weighted by Crippen LogP contribution is -2.12. The highest BCUT2D eigenvalue weighted by Gasteiger charge is 2.16. The van der Waals surface area contributed by atoms with E-state index >= 15 is 0 Å². The summed E-state index contributed by atoms with van der Waals surface area (Å²) >= 11 is 0. The third-order valence-electron chi connectivity index (χ3n) is 2.11. The Morgan fingerprint density at radius 1 is 1.35 bits per heavy atom. The van der Waals surface area contributed by atoms with Gasteiger partial charge in [-0.05, 0) is 24.1 Å². The number of carboxylic acid groups (broad SMARTS) is 1. The van der Waals surface area contributed by atoms with E-state index in [2.05, 4.69) is 4.52 Å². The van der Waals surface area contributed by atoms with Crippen LogP contribution in [0.2, 0.25) is 0 Å². The van der Waals surface area contributed by atoms with Crippen molar-refractivity contribution in [1.29, 1.82) is 0 Å². The number of phosphoric acid groups is 1. The highest BCUT2D eigenvalue weighted by atomic mass is 31.2. The molecule has 7 heteroatoms. The van der Waals surface area contributed by atoms with E-state index in [1.54, 1.807) is 19.1 Å². The minimum Gasteiger partial charge on any atom is -0.481 e. The molecule has 0 aromatic heterocycles. The van der Waals surface area contributed by atoms with Crippen molar-refractivity contribution in [1.82, 2.24) is 0 Å². The second-order valence-electron chi connectivity index (χ2n) is 3.67. The van der Waals surface area contributed by atoms with Crippen LogP contribution in [0.3, 0.4) is 0 Å². The molecule has 0 amide bonds. The van der Waals surface area contributed by atoms with E-state index in [-0.39, 0.29) is 5.75 Å². The van der Waals surface area contributed by atoms with Gasteiger partial charge in [0.05, 0.1) is 5.92 Å². The first-order valence-electron chi connectivity index (χ1n) is 4.85. The number of hydrogen-bond acceptors (Lipinski definition) is 3. The summed E-state index contributed by atoms with van der Waals surface area (Å²) in [6.07, 6.45) is 0.353. The van der Waals surface area contributed by atoms with Gasteiger partial charge in [-0.25, -0.2) is 4.57 Å². The molecule has 3 N–H and O–H groups in total. The van der Waals surface area contributed by atoms with E-state index in [9.17, 15) is 9.36 Å². The number of benzene rings is 1. The monoisotopic (exact) mass is 260 g/mol. The molecular formula is C10H13O6P. The summed E-state index contributed by atoms with van der Waals surface area (Å²) in [4.78, 5) is 27.8. The number of carbonyl (C=O) groups is 1. The quantitative estimate of drug-likeness (QED) is 0.691. The maximum absolute atomic E-state index is 10.6. The van der Waals surface area contributed by atoms with Gasteiger partial charge in [0.1, 0.15) is 5.75 Å². The van der Waals surface area contributed by atoms with Crippen molar-refractivity contribution < 1.29 is 28.8 Å². The van der Waals surface area contributed by atoms with Gasteiger partial charge in [0.15, 0.2) is 0 Å². The standard InChI is InChI=1S/C10H13O6P/c1-7(10(11)12)6-8-2-4-9(5-3-8)16-17(13,14)15/h2-5,7H,6H2,1H3,(H,11,12)(H2,13,14,15). The zero-order valence-electron chi connectivity index (χ0n) is 9.11. The van der Waals surface area contributed by atoms with Crippen molar-refractivity contribution in [3.05, 3.63) is 29.8 Å². The minimum absolute atomic E-state index is 0.0464. The molecule has 0 fully saturated rings. The lowest BCUT2D eigenvalue weighted by molar-refractivity contribution is -0.141. The molecule has 0 aliphatic heterocycles. The maximum atomic E-state index is 10.6. The van der Waals surface area contributed by atoms with Crippen LogP contribution in [0.4, 0.5) is 0 Å². The Labute approximate surface area is 98.1 Å². The molecule has 1 unspecified atom stereocenters. The van der Waals surface area contributed by atoms with Gasteiger partial charge in [-0.1, -0.05) is 19.1 Å². The molecule has 17 heavy (non-hydrogen) atoms. The lowest BCUT2D eigenvalue weighted by Gasteiger charge is -2.09. The smallest absolute Gasteiger partial charge is 0.481 e. The predicted octanol–water partition coefficient (Wildman–Crippen LogP) is 1.42. The molecular weight excluding hydrogens is 247 g/mol. The Hall–Kier alpha value is -1.36. The molecule has 0 radical (unpaired) electrons. The Morgan fingerprint density at radius 3 is 2.29 bits per heavy atom. The summed E-state index contributed by atoms with van der Waals surface area (Å²) in [7, 11) is -4.54. The van der Waals surface area contributed by atoms with Crippen molar-refractivity contribution in [2.75, 3.05) is 0 Å². The van der Waals surface area contributed by atoms with Crippen molar-refractivity contribution in [3.8, 4) is 5.75 Å². The number of carboxylic acids is 1. The molecule has 1 atom stereocenters. The molecule has 94 valence electrons. The largest absolute Gasteiger partial charge is 0.524 e. The molecule has 6 nitrogen and oxygen atoms in total. The SMILES string of the molecule is CC(Cc1ccc(OP(=O)(O)O)cc1)C(=O)O. The highest BCUT2D eigenvalue weighted by molar-refractivity contribution is 7.46. The van der Waals surface area contributed by atoms with Crippen LogP contribution in [-0.2, 0) is 15.8 Å². The molecule has 0 saturated carbocycles. The van der Waals surface area contributed by atoms with Crippen molar-refractivity contribution in [3.63, 3.8) is 0 Å². The Bertz CT molecular complexity index is 435. The zero-order chi connectivity index (χ0) is 13.1. The van der Waals surface area contributed by atoms with Gasteiger partial charge in [0.2, 0.25) is 0 Å². The zero-order valence-corrected chi connectivity index (χ0v) is 10.0. The van der Waals surface area contributed by atoms with Crippen molar-refractivity contribution >= 4 is 13.8 Å². The van der Waals surface area contributed by atoms with Gasteiger partial charge in [0, 0.05) is 0 Å². The molecule has 1 aromatic rings. The van der Waals surface area contributed by atoms with Crippen LogP contribution in [0.1, 0.15) is 12.5 Å². The van der Waals surface area contributed by atoms with Gasteiger partial charge in [-0.2, -0.15) is 0 Å². The van der Waals surface area contributed by atoms with Crippen molar-refractivity contribution in [2.45, 2.75) is 13.3 Å². The summed E-state index contributed by atoms with van der Waals surface area (Å²) in [6.45, 7) is 1.59. The van der Waals surface area contributed by atoms with E-state index < -0.39 is 19.7 Å². The van der Waals surface area contributed by atoms with Gasteiger partial charge in [-0.15, -0.1) is 0 Å². The first-order valence-corrected chi connectivity index (χ1v) is 6.38. The number of phosphoric ester groups is 1. The van der Waals surface area contributed by atoms with Crippen LogP contribution in [0, 0.1) is 5.92 Å². The molecule has 0 bridgehead atoms. The molecule has 0 aliphatic carbocycles. The second-order valence-corrected chi connectivity index (χ2v) is 4.83. The molecule has 1 rings (SSSR count). The molecule has 0 saturated heterocycles. The third kappa shape index (κ3) is 4.99. The average Bonchev–Trinajstić information content (AvgIpc) is 2.18. The second kappa shape index (κ2) is 5.31. The van der Waals surface area contributed by atoms with Crippen LogP contribution >= 0.6 is 7.82 Å². The molecule has 1 aromatic carbocycles. The summed E-state index contributed by atoms with van der Waals surface area (Å²) in [5.74, 6) is -1.35. The van der Waals surface area contributed by atoms with E-state index in [4.69, 9.17) is 14.9 Å². The Kier molecular flexibility index (Phi) is 4.28. The predicted molar refractivity (Wildman–Crippen MR) is 59.6 cm³/mol. The van der Waals surface area contributed by atoms with Crippen LogP contribution < -0.4 is 4.52 Å². The third-order valence-corrected chi connectivity index (χ3v) is 2.56. The summed E-state index contributed by atoms with van der Waals surface area (Å²) in [5, 5.41) is 8.72. The molecule has 0 spiro atoms. The fourth-order valence-corrected chi connectivity index (χ4v) is 1.66. The molecule has 0 heterocycles. The van der Waals surface area contributed by atoms with Crippen LogP contribution in [0.5, 0.6) is 5.75 Å². The first kappa shape index (κ1) is 13.7. The summed E-state index contributed by atoms with van der Waals surface area (Å²) in [6, 6.07) is 5.93. The Morgan fingerprint density at radius 2 is 1.88 bits per heavy atom. The van der Waals surface area contributed by atoms with Crippen LogP contribution in [0.25, 0.3) is 0 Å². The fraction of sp³-hybridized carbons (Fsp3) is 0.300. The lowest BCUT2D eigenvalue weighted by atomic mass is 10.0. The minimum atomic E-state index is -4.54. The van der Waals surface area contributed by atoms with Crippen LogP contribution in [-0.4, -0.2) is 20.9 Å².